The zero-order valence-electron chi connectivity index (χ0n) is 16.9. The van der Waals surface area contributed by atoms with Gasteiger partial charge in [0.05, 0.1) is 18.4 Å². The summed E-state index contributed by atoms with van der Waals surface area (Å²) < 4.78 is 37.2. The smallest absolute Gasteiger partial charge is 0.341 e. The number of hydrogen-bond donors (Lipinski definition) is 3. The first-order valence-corrected chi connectivity index (χ1v) is 10.5. The molecule has 2 aromatic rings. The molecule has 0 atom stereocenters. The van der Waals surface area contributed by atoms with Gasteiger partial charge in [-0.05, 0) is 48.4 Å². The van der Waals surface area contributed by atoms with Gasteiger partial charge in [-0.3, -0.25) is 14.3 Å². The highest BCUT2D eigenvalue weighted by Gasteiger charge is 2.16. The third-order valence-corrected chi connectivity index (χ3v) is 5.42. The van der Waals surface area contributed by atoms with Crippen LogP contribution in [0.1, 0.15) is 11.1 Å². The van der Waals surface area contributed by atoms with Crippen LogP contribution in [0.4, 0.5) is 5.69 Å². The molecule has 1 amide bonds. The van der Waals surface area contributed by atoms with Gasteiger partial charge < -0.3 is 19.9 Å². The first kappa shape index (κ1) is 23.7. The van der Waals surface area contributed by atoms with Gasteiger partial charge in [-0.2, -0.15) is 0 Å². The van der Waals surface area contributed by atoms with E-state index < -0.39 is 28.6 Å². The summed E-state index contributed by atoms with van der Waals surface area (Å²) >= 11 is 0. The minimum Gasteiger partial charge on any atom is -0.482 e. The summed E-state index contributed by atoms with van der Waals surface area (Å²) in [6.07, 6.45) is 0.0149. The quantitative estimate of drug-likeness (QED) is 0.456. The lowest BCUT2D eigenvalue weighted by atomic mass is 10.1. The molecule has 10 nitrogen and oxygen atoms in total. The molecule has 0 saturated heterocycles. The minimum absolute atomic E-state index is 0.0149. The number of aryl methyl sites for hydroxylation is 1. The third-order valence-electron chi connectivity index (χ3n) is 4.04. The SMILES string of the molecule is COC(=O)CNC(=O)Cc1ccc(NS(=O)(=O)c2ccc(OCC(=O)O)c(C)c2)cc1. The van der Waals surface area contributed by atoms with Crippen molar-refractivity contribution in [1.82, 2.24) is 5.32 Å². The van der Waals surface area contributed by atoms with Crippen molar-refractivity contribution in [3.63, 3.8) is 0 Å². The Labute approximate surface area is 179 Å². The lowest BCUT2D eigenvalue weighted by Crippen LogP contribution is -2.31. The van der Waals surface area contributed by atoms with Gasteiger partial charge in [0, 0.05) is 5.69 Å². The Balaban J connectivity index is 2.01. The maximum Gasteiger partial charge on any atom is 0.341 e. The number of aliphatic carboxylic acids is 1. The highest BCUT2D eigenvalue weighted by atomic mass is 32.2. The molecule has 0 heterocycles. The van der Waals surface area contributed by atoms with E-state index in [4.69, 9.17) is 9.84 Å². The van der Waals surface area contributed by atoms with Crippen molar-refractivity contribution >= 4 is 33.6 Å². The van der Waals surface area contributed by atoms with Crippen molar-refractivity contribution in [3.8, 4) is 5.75 Å². The first-order valence-electron chi connectivity index (χ1n) is 9.01. The molecule has 0 aliphatic carbocycles. The van der Waals surface area contributed by atoms with E-state index >= 15 is 0 Å². The standard InChI is InChI=1S/C20H22N2O8S/c1-13-9-16(7-8-17(13)30-12-19(24)25)31(27,28)22-15-5-3-14(4-6-15)10-18(23)21-11-20(26)29-2/h3-9,22H,10-12H2,1-2H3,(H,21,23)(H,24,25). The van der Waals surface area contributed by atoms with Crippen molar-refractivity contribution in [2.75, 3.05) is 25.0 Å². The number of anilines is 1. The number of rotatable bonds is 10. The molecule has 31 heavy (non-hydrogen) atoms. The molecule has 0 fully saturated rings. The summed E-state index contributed by atoms with van der Waals surface area (Å²) in [6.45, 7) is 0.848. The third kappa shape index (κ3) is 7.30. The van der Waals surface area contributed by atoms with Crippen LogP contribution in [0.2, 0.25) is 0 Å². The van der Waals surface area contributed by atoms with E-state index in [9.17, 15) is 22.8 Å². The van der Waals surface area contributed by atoms with Crippen LogP contribution >= 0.6 is 0 Å². The van der Waals surface area contributed by atoms with Crippen LogP contribution in [-0.2, 0) is 35.6 Å². The monoisotopic (exact) mass is 450 g/mol. The molecule has 0 unspecified atom stereocenters. The number of carbonyl (C=O) groups excluding carboxylic acids is 2. The first-order chi connectivity index (χ1) is 14.6. The maximum atomic E-state index is 12.6. The fourth-order valence-electron chi connectivity index (χ4n) is 2.49. The summed E-state index contributed by atoms with van der Waals surface area (Å²) in [4.78, 5) is 33.4. The average Bonchev–Trinajstić information content (AvgIpc) is 2.72. The number of ether oxygens (including phenoxy) is 2. The number of carboxylic acids is 1. The van der Waals surface area contributed by atoms with Gasteiger partial charge in [0.25, 0.3) is 10.0 Å². The second kappa shape index (κ2) is 10.4. The number of carbonyl (C=O) groups is 3. The van der Waals surface area contributed by atoms with E-state index in [2.05, 4.69) is 14.8 Å². The van der Waals surface area contributed by atoms with Crippen LogP contribution in [0.25, 0.3) is 0 Å². The van der Waals surface area contributed by atoms with Crippen LogP contribution in [0.15, 0.2) is 47.4 Å². The lowest BCUT2D eigenvalue weighted by molar-refractivity contribution is -0.141. The number of amides is 1. The molecular formula is C20H22N2O8S. The van der Waals surface area contributed by atoms with Crippen molar-refractivity contribution in [2.24, 2.45) is 0 Å². The van der Waals surface area contributed by atoms with Gasteiger partial charge in [-0.15, -0.1) is 0 Å². The van der Waals surface area contributed by atoms with Gasteiger partial charge in [-0.1, -0.05) is 12.1 Å². The van der Waals surface area contributed by atoms with Crippen LogP contribution in [0.3, 0.4) is 0 Å². The Kier molecular flexibility index (Phi) is 7.97. The van der Waals surface area contributed by atoms with E-state index in [1.807, 2.05) is 0 Å². The van der Waals surface area contributed by atoms with Gasteiger partial charge >= 0.3 is 11.9 Å². The van der Waals surface area contributed by atoms with Crippen LogP contribution < -0.4 is 14.8 Å². The largest absolute Gasteiger partial charge is 0.482 e. The van der Waals surface area contributed by atoms with Crippen molar-refractivity contribution in [2.45, 2.75) is 18.2 Å². The Bertz CT molecular complexity index is 1070. The zero-order valence-corrected chi connectivity index (χ0v) is 17.7. The molecule has 0 radical (unpaired) electrons. The normalized spacial score (nSPS) is 10.8. The number of methoxy groups -OCH3 is 1. The second-order valence-corrected chi connectivity index (χ2v) is 8.12. The molecule has 0 spiro atoms. The van der Waals surface area contributed by atoms with Crippen molar-refractivity contribution in [3.05, 3.63) is 53.6 Å². The average molecular weight is 450 g/mol. The predicted octanol–water partition coefficient (Wildman–Crippen LogP) is 1.09. The Hall–Kier alpha value is -3.60. The molecule has 2 rings (SSSR count). The molecule has 0 aromatic heterocycles. The van der Waals surface area contributed by atoms with Crippen LogP contribution in [0.5, 0.6) is 5.75 Å². The Morgan fingerprint density at radius 2 is 1.74 bits per heavy atom. The number of hydrogen-bond acceptors (Lipinski definition) is 7. The summed E-state index contributed by atoms with van der Waals surface area (Å²) in [6, 6.07) is 10.3. The summed E-state index contributed by atoms with van der Waals surface area (Å²) in [5.41, 5.74) is 1.39. The fourth-order valence-corrected chi connectivity index (χ4v) is 3.63. The van der Waals surface area contributed by atoms with Crippen molar-refractivity contribution < 1.29 is 37.4 Å². The predicted molar refractivity (Wildman–Crippen MR) is 110 cm³/mol. The van der Waals surface area contributed by atoms with Gasteiger partial charge in [0.15, 0.2) is 6.61 Å². The molecule has 0 aliphatic rings. The Morgan fingerprint density at radius 1 is 1.06 bits per heavy atom. The molecule has 166 valence electrons. The van der Waals surface area contributed by atoms with Gasteiger partial charge in [0.2, 0.25) is 5.91 Å². The van der Waals surface area contributed by atoms with Crippen LogP contribution in [0, 0.1) is 6.92 Å². The topological polar surface area (TPSA) is 148 Å². The zero-order chi connectivity index (χ0) is 23.0. The molecule has 0 saturated carbocycles. The van der Waals surface area contributed by atoms with E-state index in [1.54, 1.807) is 19.1 Å². The lowest BCUT2D eigenvalue weighted by Gasteiger charge is -2.12. The molecule has 11 heteroatoms. The number of nitrogens with one attached hydrogen (secondary N) is 2. The van der Waals surface area contributed by atoms with E-state index in [0.717, 1.165) is 0 Å². The molecule has 2 aromatic carbocycles. The summed E-state index contributed by atoms with van der Waals surface area (Å²) in [5, 5.41) is 11.1. The summed E-state index contributed by atoms with van der Waals surface area (Å²) in [7, 11) is -2.67. The van der Waals surface area contributed by atoms with E-state index in [0.29, 0.717) is 16.8 Å². The number of sulfonamides is 1. The van der Waals surface area contributed by atoms with Gasteiger partial charge in [-0.25, -0.2) is 13.2 Å². The second-order valence-electron chi connectivity index (χ2n) is 6.44. The molecule has 0 bridgehead atoms. The number of esters is 1. The van der Waals surface area contributed by atoms with Crippen LogP contribution in [-0.4, -0.2) is 51.6 Å². The van der Waals surface area contributed by atoms with E-state index in [-0.39, 0.29) is 29.5 Å². The van der Waals surface area contributed by atoms with Gasteiger partial charge in [0.1, 0.15) is 12.3 Å². The number of carboxylic acid groups (broad SMARTS) is 1. The fraction of sp³-hybridized carbons (Fsp3) is 0.250. The van der Waals surface area contributed by atoms with Crippen molar-refractivity contribution in [1.29, 1.82) is 0 Å². The van der Waals surface area contributed by atoms with E-state index in [1.165, 1.54) is 37.4 Å². The number of benzene rings is 2. The molecule has 3 N–H and O–H groups in total. The molecule has 0 aliphatic heterocycles. The summed E-state index contributed by atoms with van der Waals surface area (Å²) in [5.74, 6) is -1.80. The molecular weight excluding hydrogens is 428 g/mol. The highest BCUT2D eigenvalue weighted by molar-refractivity contribution is 7.92. The Morgan fingerprint density at radius 3 is 2.32 bits per heavy atom. The maximum absolute atomic E-state index is 12.6. The highest BCUT2D eigenvalue weighted by Crippen LogP contribution is 2.23. The minimum atomic E-state index is -3.89.